The molecule has 2 rings (SSSR count). The van der Waals surface area contributed by atoms with E-state index < -0.39 is 15.8 Å². The van der Waals surface area contributed by atoms with Crippen molar-refractivity contribution in [2.24, 2.45) is 5.92 Å². The average molecular weight is 338 g/mol. The lowest BCUT2D eigenvalue weighted by Crippen LogP contribution is -2.39. The molecule has 2 amide bonds. The SMILES string of the molecule is Cc1ccc(C)c(NC(=O)CN(C)C(=O)[C@@H]2CCS(=O)(=O)C2)c1. The van der Waals surface area contributed by atoms with Gasteiger partial charge in [-0.15, -0.1) is 0 Å². The van der Waals surface area contributed by atoms with Crippen LogP contribution in [0.25, 0.3) is 0 Å². The molecule has 0 aromatic heterocycles. The molecule has 1 saturated heterocycles. The largest absolute Gasteiger partial charge is 0.336 e. The highest BCUT2D eigenvalue weighted by Crippen LogP contribution is 2.20. The van der Waals surface area contributed by atoms with Crippen LogP contribution in [0.15, 0.2) is 18.2 Å². The van der Waals surface area contributed by atoms with Crippen LogP contribution in [-0.4, -0.2) is 50.2 Å². The van der Waals surface area contributed by atoms with Crippen molar-refractivity contribution in [3.8, 4) is 0 Å². The first-order valence-electron chi connectivity index (χ1n) is 7.50. The molecule has 23 heavy (non-hydrogen) atoms. The van der Waals surface area contributed by atoms with Gasteiger partial charge in [0.2, 0.25) is 11.8 Å². The smallest absolute Gasteiger partial charge is 0.243 e. The van der Waals surface area contributed by atoms with Crippen LogP contribution in [0.3, 0.4) is 0 Å². The third kappa shape index (κ3) is 4.54. The van der Waals surface area contributed by atoms with Gasteiger partial charge in [0.05, 0.1) is 24.0 Å². The summed E-state index contributed by atoms with van der Waals surface area (Å²) in [5.41, 5.74) is 2.70. The van der Waals surface area contributed by atoms with E-state index in [1.165, 1.54) is 11.9 Å². The highest BCUT2D eigenvalue weighted by Gasteiger charge is 2.34. The molecule has 0 radical (unpaired) electrons. The van der Waals surface area contributed by atoms with E-state index in [0.29, 0.717) is 6.42 Å². The van der Waals surface area contributed by atoms with Gasteiger partial charge >= 0.3 is 0 Å². The van der Waals surface area contributed by atoms with Crippen molar-refractivity contribution >= 4 is 27.3 Å². The molecule has 0 bridgehead atoms. The maximum Gasteiger partial charge on any atom is 0.243 e. The predicted octanol–water partition coefficient (Wildman–Crippen LogP) is 1.14. The average Bonchev–Trinajstić information content (AvgIpc) is 2.82. The molecule has 1 aliphatic rings. The second-order valence-corrected chi connectivity index (χ2v) is 8.39. The van der Waals surface area contributed by atoms with Gasteiger partial charge in [0, 0.05) is 12.7 Å². The number of carbonyl (C=O) groups is 2. The molecule has 6 nitrogen and oxygen atoms in total. The Labute approximate surface area is 136 Å². The van der Waals surface area contributed by atoms with Crippen LogP contribution >= 0.6 is 0 Å². The Bertz CT molecular complexity index is 728. The molecule has 0 saturated carbocycles. The molecular formula is C16H22N2O4S. The standard InChI is InChI=1S/C16H22N2O4S/c1-11-4-5-12(2)14(8-11)17-15(19)9-18(3)16(20)13-6-7-23(21,22)10-13/h4-5,8,13H,6-7,9-10H2,1-3H3,(H,17,19)/t13-/m1/s1. The second-order valence-electron chi connectivity index (χ2n) is 6.16. The summed E-state index contributed by atoms with van der Waals surface area (Å²) >= 11 is 0. The Morgan fingerprint density at radius 3 is 2.61 bits per heavy atom. The highest BCUT2D eigenvalue weighted by molar-refractivity contribution is 7.91. The van der Waals surface area contributed by atoms with E-state index in [0.717, 1.165) is 16.8 Å². The van der Waals surface area contributed by atoms with E-state index in [4.69, 9.17) is 0 Å². The molecular weight excluding hydrogens is 316 g/mol. The van der Waals surface area contributed by atoms with Gasteiger partial charge in [-0.25, -0.2) is 8.42 Å². The quantitative estimate of drug-likeness (QED) is 0.892. The lowest BCUT2D eigenvalue weighted by atomic mass is 10.1. The zero-order valence-corrected chi connectivity index (χ0v) is 14.4. The van der Waals surface area contributed by atoms with E-state index in [1.807, 2.05) is 32.0 Å². The molecule has 7 heteroatoms. The molecule has 0 aliphatic carbocycles. The van der Waals surface area contributed by atoms with Crippen LogP contribution in [0.1, 0.15) is 17.5 Å². The molecule has 126 valence electrons. The summed E-state index contributed by atoms with van der Waals surface area (Å²) < 4.78 is 22.9. The fourth-order valence-corrected chi connectivity index (χ4v) is 4.39. The van der Waals surface area contributed by atoms with Gasteiger partial charge in [-0.1, -0.05) is 12.1 Å². The van der Waals surface area contributed by atoms with Crippen molar-refractivity contribution in [1.29, 1.82) is 0 Å². The lowest BCUT2D eigenvalue weighted by Gasteiger charge is -2.20. The van der Waals surface area contributed by atoms with Crippen molar-refractivity contribution < 1.29 is 18.0 Å². The van der Waals surface area contributed by atoms with Crippen molar-refractivity contribution in [1.82, 2.24) is 4.90 Å². The molecule has 0 spiro atoms. The molecule has 1 atom stereocenters. The van der Waals surface area contributed by atoms with Gasteiger partial charge in [0.25, 0.3) is 0 Å². The van der Waals surface area contributed by atoms with Crippen LogP contribution in [-0.2, 0) is 19.4 Å². The summed E-state index contributed by atoms with van der Waals surface area (Å²) in [6.07, 6.45) is 0.337. The van der Waals surface area contributed by atoms with Gasteiger partial charge in [0.15, 0.2) is 9.84 Å². The number of anilines is 1. The predicted molar refractivity (Wildman–Crippen MR) is 88.9 cm³/mol. The lowest BCUT2D eigenvalue weighted by molar-refractivity contribution is -0.136. The van der Waals surface area contributed by atoms with Gasteiger partial charge in [-0.2, -0.15) is 0 Å². The molecule has 0 unspecified atom stereocenters. The fraction of sp³-hybridized carbons (Fsp3) is 0.500. The van der Waals surface area contributed by atoms with E-state index >= 15 is 0 Å². The fourth-order valence-electron chi connectivity index (χ4n) is 2.66. The molecule has 1 aromatic carbocycles. The number of amides is 2. The Hall–Kier alpha value is -1.89. The first-order valence-corrected chi connectivity index (χ1v) is 9.32. The summed E-state index contributed by atoms with van der Waals surface area (Å²) in [5.74, 6) is -1.18. The Morgan fingerprint density at radius 2 is 2.00 bits per heavy atom. The number of nitrogens with zero attached hydrogens (tertiary/aromatic N) is 1. The number of carbonyl (C=O) groups excluding carboxylic acids is 2. The van der Waals surface area contributed by atoms with Crippen LogP contribution in [0.4, 0.5) is 5.69 Å². The van der Waals surface area contributed by atoms with E-state index in [9.17, 15) is 18.0 Å². The first-order chi connectivity index (χ1) is 10.7. The van der Waals surface area contributed by atoms with Gasteiger partial charge < -0.3 is 10.2 Å². The number of likely N-dealkylation sites (N-methyl/N-ethyl adjacent to an activating group) is 1. The number of nitrogens with one attached hydrogen (secondary N) is 1. The maximum atomic E-state index is 12.2. The zero-order valence-electron chi connectivity index (χ0n) is 13.6. The van der Waals surface area contributed by atoms with Crippen LogP contribution < -0.4 is 5.32 Å². The normalized spacial score (nSPS) is 19.3. The van der Waals surface area contributed by atoms with Crippen molar-refractivity contribution in [3.05, 3.63) is 29.3 Å². The summed E-state index contributed by atoms with van der Waals surface area (Å²) in [6.45, 7) is 3.74. The minimum Gasteiger partial charge on any atom is -0.336 e. The minimum atomic E-state index is -3.11. The topological polar surface area (TPSA) is 83.6 Å². The summed E-state index contributed by atoms with van der Waals surface area (Å²) in [4.78, 5) is 25.6. The van der Waals surface area contributed by atoms with Crippen LogP contribution in [0.5, 0.6) is 0 Å². The Balaban J connectivity index is 1.94. The number of hydrogen-bond donors (Lipinski definition) is 1. The van der Waals surface area contributed by atoms with Crippen molar-refractivity contribution in [3.63, 3.8) is 0 Å². The van der Waals surface area contributed by atoms with Crippen molar-refractivity contribution in [2.45, 2.75) is 20.3 Å². The third-order valence-electron chi connectivity index (χ3n) is 4.01. The molecule has 1 aromatic rings. The molecule has 1 heterocycles. The second kappa shape index (κ2) is 6.70. The van der Waals surface area contributed by atoms with Gasteiger partial charge in [-0.3, -0.25) is 9.59 Å². The van der Waals surface area contributed by atoms with Gasteiger partial charge in [-0.05, 0) is 37.5 Å². The number of sulfone groups is 1. The van der Waals surface area contributed by atoms with Crippen LogP contribution in [0, 0.1) is 19.8 Å². The van der Waals surface area contributed by atoms with E-state index in [-0.39, 0.29) is 29.9 Å². The number of rotatable bonds is 4. The van der Waals surface area contributed by atoms with E-state index in [2.05, 4.69) is 5.32 Å². The van der Waals surface area contributed by atoms with E-state index in [1.54, 1.807) is 0 Å². The van der Waals surface area contributed by atoms with Crippen LogP contribution in [0.2, 0.25) is 0 Å². The van der Waals surface area contributed by atoms with Gasteiger partial charge in [0.1, 0.15) is 0 Å². The number of benzene rings is 1. The maximum absolute atomic E-state index is 12.2. The Morgan fingerprint density at radius 1 is 1.30 bits per heavy atom. The molecule has 1 N–H and O–H groups in total. The minimum absolute atomic E-state index is 0.0475. The third-order valence-corrected chi connectivity index (χ3v) is 5.77. The first kappa shape index (κ1) is 17.5. The summed E-state index contributed by atoms with van der Waals surface area (Å²) in [6, 6.07) is 5.75. The Kier molecular flexibility index (Phi) is 5.09. The summed E-state index contributed by atoms with van der Waals surface area (Å²) in [5, 5.41) is 2.79. The zero-order chi connectivity index (χ0) is 17.2. The summed E-state index contributed by atoms with van der Waals surface area (Å²) in [7, 11) is -1.59. The highest BCUT2D eigenvalue weighted by atomic mass is 32.2. The number of aryl methyl sites for hydroxylation is 2. The van der Waals surface area contributed by atoms with Crippen molar-refractivity contribution in [2.75, 3.05) is 30.4 Å². The molecule has 1 aliphatic heterocycles. The number of hydrogen-bond acceptors (Lipinski definition) is 4. The monoisotopic (exact) mass is 338 g/mol. The molecule has 1 fully saturated rings.